The summed E-state index contributed by atoms with van der Waals surface area (Å²) in [6, 6.07) is 0. The standard InChI is InChI=1S/C8H9BrN4/c9-5-1-2-7-12-3-6(8(10)11)13(7)4-5/h1-4,7,12H,(H3,10,11). The summed E-state index contributed by atoms with van der Waals surface area (Å²) >= 11 is 3.37. The number of fused-ring (bicyclic) bond motifs is 1. The Hall–Kier alpha value is -1.23. The van der Waals surface area contributed by atoms with E-state index in [1.807, 2.05) is 23.3 Å². The van der Waals surface area contributed by atoms with E-state index in [0.717, 1.165) is 4.48 Å². The molecule has 2 aliphatic rings. The van der Waals surface area contributed by atoms with Gasteiger partial charge in [0.15, 0.2) is 0 Å². The van der Waals surface area contributed by atoms with Gasteiger partial charge in [0.2, 0.25) is 0 Å². The molecule has 0 bridgehead atoms. The number of nitrogens with one attached hydrogen (secondary N) is 2. The molecule has 2 heterocycles. The molecule has 0 aromatic rings. The van der Waals surface area contributed by atoms with E-state index < -0.39 is 0 Å². The van der Waals surface area contributed by atoms with Gasteiger partial charge in [0, 0.05) is 16.9 Å². The Balaban J connectivity index is 2.29. The predicted molar refractivity (Wildman–Crippen MR) is 54.9 cm³/mol. The molecule has 0 fully saturated rings. The van der Waals surface area contributed by atoms with Crippen LogP contribution in [0, 0.1) is 5.41 Å². The Morgan fingerprint density at radius 1 is 1.69 bits per heavy atom. The van der Waals surface area contributed by atoms with Crippen LogP contribution in [0.15, 0.2) is 34.7 Å². The maximum absolute atomic E-state index is 7.34. The number of nitrogens with zero attached hydrogens (tertiary/aromatic N) is 1. The Kier molecular flexibility index (Phi) is 1.88. The fraction of sp³-hybridized carbons (Fsp3) is 0.125. The minimum Gasteiger partial charge on any atom is -0.382 e. The largest absolute Gasteiger partial charge is 0.382 e. The highest BCUT2D eigenvalue weighted by Crippen LogP contribution is 2.23. The molecule has 4 nitrogen and oxygen atoms in total. The molecule has 4 N–H and O–H groups in total. The fourth-order valence-corrected chi connectivity index (χ4v) is 1.72. The van der Waals surface area contributed by atoms with Crippen LogP contribution in [0.1, 0.15) is 0 Å². The van der Waals surface area contributed by atoms with Crippen LogP contribution < -0.4 is 11.1 Å². The van der Waals surface area contributed by atoms with Crippen LogP contribution in [0.25, 0.3) is 0 Å². The molecule has 2 aliphatic heterocycles. The number of hydrogen-bond acceptors (Lipinski definition) is 3. The Morgan fingerprint density at radius 2 is 2.46 bits per heavy atom. The summed E-state index contributed by atoms with van der Waals surface area (Å²) in [7, 11) is 0. The third kappa shape index (κ3) is 1.35. The molecule has 0 aliphatic carbocycles. The number of nitrogens with two attached hydrogens (primary N) is 1. The van der Waals surface area contributed by atoms with Crippen molar-refractivity contribution in [1.29, 1.82) is 5.41 Å². The molecule has 5 heteroatoms. The number of halogens is 1. The van der Waals surface area contributed by atoms with Crippen molar-refractivity contribution in [2.24, 2.45) is 5.73 Å². The zero-order chi connectivity index (χ0) is 9.42. The summed E-state index contributed by atoms with van der Waals surface area (Å²) in [5, 5.41) is 10.4. The first-order chi connectivity index (χ1) is 6.18. The van der Waals surface area contributed by atoms with Crippen molar-refractivity contribution in [3.63, 3.8) is 0 Å². The first kappa shape index (κ1) is 8.37. The molecule has 0 radical (unpaired) electrons. The summed E-state index contributed by atoms with van der Waals surface area (Å²) in [6.45, 7) is 0. The molecular weight excluding hydrogens is 232 g/mol. The zero-order valence-corrected chi connectivity index (χ0v) is 8.38. The van der Waals surface area contributed by atoms with Crippen molar-refractivity contribution >= 4 is 21.8 Å². The first-order valence-corrected chi connectivity index (χ1v) is 4.62. The lowest BCUT2D eigenvalue weighted by Gasteiger charge is -2.25. The normalized spacial score (nSPS) is 24.7. The maximum Gasteiger partial charge on any atom is 0.141 e. The van der Waals surface area contributed by atoms with Gasteiger partial charge in [-0.15, -0.1) is 0 Å². The van der Waals surface area contributed by atoms with Gasteiger partial charge in [0.1, 0.15) is 17.7 Å². The van der Waals surface area contributed by atoms with E-state index in [-0.39, 0.29) is 12.0 Å². The smallest absolute Gasteiger partial charge is 0.141 e. The van der Waals surface area contributed by atoms with Crippen LogP contribution in [-0.4, -0.2) is 16.9 Å². The number of allylic oxidation sites excluding steroid dienone is 2. The minimum absolute atomic E-state index is 0.0712. The summed E-state index contributed by atoms with van der Waals surface area (Å²) in [5.74, 6) is 0.0712. The van der Waals surface area contributed by atoms with Gasteiger partial charge >= 0.3 is 0 Å². The Bertz CT molecular complexity index is 342. The van der Waals surface area contributed by atoms with Crippen molar-refractivity contribution in [3.8, 4) is 0 Å². The molecule has 2 rings (SSSR count). The van der Waals surface area contributed by atoms with E-state index in [9.17, 15) is 0 Å². The minimum atomic E-state index is 0.0712. The van der Waals surface area contributed by atoms with Gasteiger partial charge in [-0.25, -0.2) is 0 Å². The van der Waals surface area contributed by atoms with Crippen molar-refractivity contribution < 1.29 is 0 Å². The van der Waals surface area contributed by atoms with Crippen LogP contribution in [0.4, 0.5) is 0 Å². The molecule has 0 saturated heterocycles. The average molecular weight is 241 g/mol. The maximum atomic E-state index is 7.34. The van der Waals surface area contributed by atoms with Crippen molar-refractivity contribution in [2.45, 2.75) is 6.17 Å². The Labute approximate surface area is 84.4 Å². The van der Waals surface area contributed by atoms with Gasteiger partial charge in [-0.2, -0.15) is 0 Å². The molecule has 1 atom stereocenters. The van der Waals surface area contributed by atoms with E-state index in [4.69, 9.17) is 11.1 Å². The highest BCUT2D eigenvalue weighted by Gasteiger charge is 2.25. The van der Waals surface area contributed by atoms with E-state index in [0.29, 0.717) is 5.70 Å². The van der Waals surface area contributed by atoms with Gasteiger partial charge in [0.05, 0.1) is 0 Å². The predicted octanol–water partition coefficient (Wildman–Crippen LogP) is 0.801. The SMILES string of the molecule is N=C(N)C1=CNC2C=CC(Br)=CN12. The van der Waals surface area contributed by atoms with Gasteiger partial charge in [-0.05, 0) is 28.1 Å². The molecule has 0 spiro atoms. The third-order valence-electron chi connectivity index (χ3n) is 1.94. The molecule has 0 aromatic carbocycles. The second kappa shape index (κ2) is 2.92. The van der Waals surface area contributed by atoms with E-state index in [2.05, 4.69) is 21.2 Å². The van der Waals surface area contributed by atoms with Gasteiger partial charge < -0.3 is 16.0 Å². The van der Waals surface area contributed by atoms with E-state index in [1.54, 1.807) is 6.20 Å². The van der Waals surface area contributed by atoms with Crippen molar-refractivity contribution in [2.75, 3.05) is 0 Å². The topological polar surface area (TPSA) is 65.1 Å². The fourth-order valence-electron chi connectivity index (χ4n) is 1.34. The average Bonchev–Trinajstić information content (AvgIpc) is 2.46. The molecular formula is C8H9BrN4. The number of hydrogen-bond donors (Lipinski definition) is 3. The van der Waals surface area contributed by atoms with Crippen LogP contribution in [-0.2, 0) is 0 Å². The molecule has 68 valence electrons. The third-order valence-corrected chi connectivity index (χ3v) is 2.41. The van der Waals surface area contributed by atoms with Crippen LogP contribution in [0.2, 0.25) is 0 Å². The molecule has 1 unspecified atom stereocenters. The van der Waals surface area contributed by atoms with E-state index in [1.165, 1.54) is 0 Å². The Morgan fingerprint density at radius 3 is 3.15 bits per heavy atom. The molecule has 0 aromatic heterocycles. The summed E-state index contributed by atoms with van der Waals surface area (Å²) in [6.07, 6.45) is 7.71. The zero-order valence-electron chi connectivity index (χ0n) is 6.79. The summed E-state index contributed by atoms with van der Waals surface area (Å²) in [5.41, 5.74) is 6.12. The van der Waals surface area contributed by atoms with Crippen LogP contribution in [0.3, 0.4) is 0 Å². The highest BCUT2D eigenvalue weighted by atomic mass is 79.9. The second-order valence-corrected chi connectivity index (χ2v) is 3.75. The monoisotopic (exact) mass is 240 g/mol. The van der Waals surface area contributed by atoms with Crippen molar-refractivity contribution in [3.05, 3.63) is 34.7 Å². The lowest BCUT2D eigenvalue weighted by Crippen LogP contribution is -2.35. The van der Waals surface area contributed by atoms with Gasteiger partial charge in [0.25, 0.3) is 0 Å². The highest BCUT2D eigenvalue weighted by molar-refractivity contribution is 9.11. The lowest BCUT2D eigenvalue weighted by atomic mass is 10.3. The molecule has 0 saturated carbocycles. The number of amidine groups is 1. The van der Waals surface area contributed by atoms with Crippen LogP contribution >= 0.6 is 15.9 Å². The van der Waals surface area contributed by atoms with Crippen molar-refractivity contribution in [1.82, 2.24) is 10.2 Å². The lowest BCUT2D eigenvalue weighted by molar-refractivity contribution is 0.412. The van der Waals surface area contributed by atoms with Gasteiger partial charge in [-0.1, -0.05) is 0 Å². The quantitative estimate of drug-likeness (QED) is 0.470. The molecule has 13 heavy (non-hydrogen) atoms. The molecule has 0 amide bonds. The summed E-state index contributed by atoms with van der Waals surface area (Å²) in [4.78, 5) is 1.91. The summed E-state index contributed by atoms with van der Waals surface area (Å²) < 4.78 is 0.972. The van der Waals surface area contributed by atoms with Crippen LogP contribution in [0.5, 0.6) is 0 Å². The first-order valence-electron chi connectivity index (χ1n) is 3.83. The number of rotatable bonds is 1. The van der Waals surface area contributed by atoms with E-state index >= 15 is 0 Å². The second-order valence-electron chi connectivity index (χ2n) is 2.84. The van der Waals surface area contributed by atoms with Gasteiger partial charge in [-0.3, -0.25) is 5.41 Å².